The van der Waals surface area contributed by atoms with Gasteiger partial charge < -0.3 is 21.1 Å². The van der Waals surface area contributed by atoms with E-state index in [2.05, 4.69) is 28.8 Å². The quantitative estimate of drug-likeness (QED) is 0.417. The lowest BCUT2D eigenvalue weighted by Gasteiger charge is -2.12. The van der Waals surface area contributed by atoms with E-state index in [1.165, 1.54) is 10.8 Å². The van der Waals surface area contributed by atoms with Crippen molar-refractivity contribution in [2.24, 2.45) is 0 Å². The number of benzene rings is 3. The van der Waals surface area contributed by atoms with Crippen molar-refractivity contribution in [3.8, 4) is 5.75 Å². The van der Waals surface area contributed by atoms with Crippen LogP contribution >= 0.6 is 0 Å². The Labute approximate surface area is 159 Å². The standard InChI is InChI=1S/C22H25N3O2/c1-2-14-27-21-11-10-17(15-19(21)23)22(26)25-13-12-24-20-9-5-7-16-6-3-4-8-18(16)20/h3-11,15,24H,2,12-14,23H2,1H3,(H,25,26). The number of carbonyl (C=O) groups is 1. The third kappa shape index (κ3) is 4.70. The molecule has 0 atom stereocenters. The van der Waals surface area contributed by atoms with Gasteiger partial charge in [-0.3, -0.25) is 4.79 Å². The second-order valence-electron chi connectivity index (χ2n) is 6.31. The number of nitrogens with one attached hydrogen (secondary N) is 2. The fraction of sp³-hybridized carbons (Fsp3) is 0.227. The van der Waals surface area contributed by atoms with E-state index in [1.54, 1.807) is 18.2 Å². The van der Waals surface area contributed by atoms with E-state index in [9.17, 15) is 4.79 Å². The fourth-order valence-electron chi connectivity index (χ4n) is 2.89. The van der Waals surface area contributed by atoms with Crippen LogP contribution in [-0.4, -0.2) is 25.6 Å². The minimum absolute atomic E-state index is 0.150. The third-order valence-corrected chi connectivity index (χ3v) is 4.25. The maximum atomic E-state index is 12.3. The monoisotopic (exact) mass is 363 g/mol. The number of ether oxygens (including phenoxy) is 1. The lowest BCUT2D eigenvalue weighted by atomic mass is 10.1. The molecule has 0 fully saturated rings. The predicted octanol–water partition coefficient (Wildman–Crippen LogP) is 4.05. The van der Waals surface area contributed by atoms with Crippen LogP contribution in [0.5, 0.6) is 5.75 Å². The Morgan fingerprint density at radius 3 is 2.67 bits per heavy atom. The first-order chi connectivity index (χ1) is 13.2. The van der Waals surface area contributed by atoms with Crippen molar-refractivity contribution >= 4 is 28.1 Å². The number of carbonyl (C=O) groups excluding carboxylic acids is 1. The summed E-state index contributed by atoms with van der Waals surface area (Å²) in [5.74, 6) is 0.467. The van der Waals surface area contributed by atoms with Crippen LogP contribution in [0.25, 0.3) is 10.8 Å². The van der Waals surface area contributed by atoms with Crippen LogP contribution in [0, 0.1) is 0 Å². The number of amides is 1. The molecule has 27 heavy (non-hydrogen) atoms. The topological polar surface area (TPSA) is 76.4 Å². The molecule has 4 N–H and O–H groups in total. The van der Waals surface area contributed by atoms with Gasteiger partial charge >= 0.3 is 0 Å². The van der Waals surface area contributed by atoms with Crippen molar-refractivity contribution in [3.05, 3.63) is 66.2 Å². The summed E-state index contributed by atoms with van der Waals surface area (Å²) in [6.45, 7) is 3.78. The van der Waals surface area contributed by atoms with Crippen molar-refractivity contribution < 1.29 is 9.53 Å². The maximum Gasteiger partial charge on any atom is 0.251 e. The van der Waals surface area contributed by atoms with Gasteiger partial charge in [-0.2, -0.15) is 0 Å². The molecule has 3 rings (SSSR count). The molecule has 0 aromatic heterocycles. The summed E-state index contributed by atoms with van der Waals surface area (Å²) >= 11 is 0. The molecule has 140 valence electrons. The van der Waals surface area contributed by atoms with Crippen molar-refractivity contribution in [1.29, 1.82) is 0 Å². The molecule has 0 aliphatic rings. The molecule has 1 amide bonds. The van der Waals surface area contributed by atoms with E-state index < -0.39 is 0 Å². The average molecular weight is 363 g/mol. The molecule has 3 aromatic carbocycles. The Morgan fingerprint density at radius 2 is 1.85 bits per heavy atom. The fourth-order valence-corrected chi connectivity index (χ4v) is 2.89. The average Bonchev–Trinajstić information content (AvgIpc) is 2.70. The van der Waals surface area contributed by atoms with E-state index >= 15 is 0 Å². The molecule has 0 spiro atoms. The number of anilines is 2. The van der Waals surface area contributed by atoms with Gasteiger partial charge in [-0.25, -0.2) is 0 Å². The molecule has 0 saturated carbocycles. The minimum Gasteiger partial charge on any atom is -0.491 e. The molecule has 0 bridgehead atoms. The number of hydrogen-bond acceptors (Lipinski definition) is 4. The summed E-state index contributed by atoms with van der Waals surface area (Å²) in [7, 11) is 0. The van der Waals surface area contributed by atoms with E-state index in [0.29, 0.717) is 36.7 Å². The largest absolute Gasteiger partial charge is 0.491 e. The summed E-state index contributed by atoms with van der Waals surface area (Å²) in [4.78, 5) is 12.3. The molecule has 0 aliphatic carbocycles. The minimum atomic E-state index is -0.150. The van der Waals surface area contributed by atoms with Crippen LogP contribution in [0.15, 0.2) is 60.7 Å². The smallest absolute Gasteiger partial charge is 0.251 e. The highest BCUT2D eigenvalue weighted by Crippen LogP contribution is 2.23. The van der Waals surface area contributed by atoms with Crippen LogP contribution in [0.4, 0.5) is 11.4 Å². The SMILES string of the molecule is CCCOc1ccc(C(=O)NCCNc2cccc3ccccc23)cc1N. The number of hydrogen-bond donors (Lipinski definition) is 3. The van der Waals surface area contributed by atoms with Gasteiger partial charge in [-0.1, -0.05) is 43.3 Å². The van der Waals surface area contributed by atoms with E-state index in [1.807, 2.05) is 31.2 Å². The van der Waals surface area contributed by atoms with Gasteiger partial charge in [0.2, 0.25) is 0 Å². The third-order valence-electron chi connectivity index (χ3n) is 4.25. The van der Waals surface area contributed by atoms with Gasteiger partial charge in [0, 0.05) is 29.7 Å². The highest BCUT2D eigenvalue weighted by Gasteiger charge is 2.08. The highest BCUT2D eigenvalue weighted by molar-refractivity contribution is 5.96. The maximum absolute atomic E-state index is 12.3. The molecule has 0 saturated heterocycles. The van der Waals surface area contributed by atoms with Gasteiger partial charge in [0.15, 0.2) is 0 Å². The first-order valence-corrected chi connectivity index (χ1v) is 9.21. The number of rotatable bonds is 8. The summed E-state index contributed by atoms with van der Waals surface area (Å²) in [5.41, 5.74) is 8.03. The van der Waals surface area contributed by atoms with Crippen LogP contribution in [0.3, 0.4) is 0 Å². The Bertz CT molecular complexity index is 919. The Morgan fingerprint density at radius 1 is 1.04 bits per heavy atom. The van der Waals surface area contributed by atoms with Gasteiger partial charge in [0.25, 0.3) is 5.91 Å². The Hall–Kier alpha value is -3.21. The van der Waals surface area contributed by atoms with Gasteiger partial charge in [-0.15, -0.1) is 0 Å². The zero-order valence-corrected chi connectivity index (χ0v) is 15.5. The van der Waals surface area contributed by atoms with Gasteiger partial charge in [0.1, 0.15) is 5.75 Å². The van der Waals surface area contributed by atoms with Crippen LogP contribution in [0.2, 0.25) is 0 Å². The molecule has 0 radical (unpaired) electrons. The van der Waals surface area contributed by atoms with Crippen molar-refractivity contribution in [2.45, 2.75) is 13.3 Å². The second kappa shape index (κ2) is 8.94. The van der Waals surface area contributed by atoms with Crippen LogP contribution in [0.1, 0.15) is 23.7 Å². The van der Waals surface area contributed by atoms with E-state index in [4.69, 9.17) is 10.5 Å². The van der Waals surface area contributed by atoms with Crippen LogP contribution < -0.4 is 21.1 Å². The van der Waals surface area contributed by atoms with E-state index in [-0.39, 0.29) is 5.91 Å². The number of nitrogen functional groups attached to an aromatic ring is 1. The van der Waals surface area contributed by atoms with Crippen molar-refractivity contribution in [3.63, 3.8) is 0 Å². The second-order valence-corrected chi connectivity index (χ2v) is 6.31. The molecule has 3 aromatic rings. The summed E-state index contributed by atoms with van der Waals surface area (Å²) in [5, 5.41) is 8.64. The lowest BCUT2D eigenvalue weighted by Crippen LogP contribution is -2.28. The Balaban J connectivity index is 1.53. The number of nitrogens with two attached hydrogens (primary N) is 1. The zero-order chi connectivity index (χ0) is 19.1. The first-order valence-electron chi connectivity index (χ1n) is 9.21. The molecule has 5 nitrogen and oxygen atoms in total. The molecule has 0 aliphatic heterocycles. The number of fused-ring (bicyclic) bond motifs is 1. The molecular formula is C22H25N3O2. The highest BCUT2D eigenvalue weighted by atomic mass is 16.5. The normalized spacial score (nSPS) is 10.6. The lowest BCUT2D eigenvalue weighted by molar-refractivity contribution is 0.0955. The summed E-state index contributed by atoms with van der Waals surface area (Å²) < 4.78 is 5.54. The van der Waals surface area contributed by atoms with Crippen molar-refractivity contribution in [1.82, 2.24) is 5.32 Å². The molecule has 0 heterocycles. The molecular weight excluding hydrogens is 338 g/mol. The van der Waals surface area contributed by atoms with Crippen molar-refractivity contribution in [2.75, 3.05) is 30.7 Å². The van der Waals surface area contributed by atoms with Gasteiger partial charge in [0.05, 0.1) is 12.3 Å². The molecule has 0 unspecified atom stereocenters. The van der Waals surface area contributed by atoms with Crippen LogP contribution in [-0.2, 0) is 0 Å². The first kappa shape index (κ1) is 18.6. The summed E-state index contributed by atoms with van der Waals surface area (Å²) in [6, 6.07) is 19.5. The molecule has 5 heteroatoms. The van der Waals surface area contributed by atoms with E-state index in [0.717, 1.165) is 12.1 Å². The van der Waals surface area contributed by atoms with Gasteiger partial charge in [-0.05, 0) is 36.1 Å². The Kier molecular flexibility index (Phi) is 6.15. The zero-order valence-electron chi connectivity index (χ0n) is 15.5. The summed E-state index contributed by atoms with van der Waals surface area (Å²) in [6.07, 6.45) is 0.908. The predicted molar refractivity (Wildman–Crippen MR) is 111 cm³/mol.